The molecule has 21 heavy (non-hydrogen) atoms. The number of primary amides is 1. The fraction of sp³-hybridized carbons (Fsp3) is 0.385. The number of amides is 2. The fourth-order valence-electron chi connectivity index (χ4n) is 2.18. The first-order valence-corrected chi connectivity index (χ1v) is 6.35. The molecule has 2 amide bonds. The predicted octanol–water partition coefficient (Wildman–Crippen LogP) is 0.230. The van der Waals surface area contributed by atoms with E-state index in [4.69, 9.17) is 10.5 Å². The lowest BCUT2D eigenvalue weighted by Gasteiger charge is -2.31. The van der Waals surface area contributed by atoms with Gasteiger partial charge in [0.1, 0.15) is 0 Å². The smallest absolute Gasteiger partial charge is 0.269 e. The summed E-state index contributed by atoms with van der Waals surface area (Å²) in [4.78, 5) is 35.2. The molecule has 2 rings (SSSR count). The van der Waals surface area contributed by atoms with Gasteiger partial charge in [0.2, 0.25) is 5.91 Å². The van der Waals surface area contributed by atoms with Crippen molar-refractivity contribution in [2.24, 2.45) is 5.73 Å². The maximum atomic E-state index is 12.4. The van der Waals surface area contributed by atoms with Gasteiger partial charge in [-0.25, -0.2) is 0 Å². The Morgan fingerprint density at radius 3 is 2.76 bits per heavy atom. The molecule has 1 aliphatic heterocycles. The Kier molecular flexibility index (Phi) is 4.18. The van der Waals surface area contributed by atoms with Gasteiger partial charge in [-0.3, -0.25) is 19.7 Å². The van der Waals surface area contributed by atoms with Gasteiger partial charge in [-0.2, -0.15) is 0 Å². The number of nitro benzene ring substituents is 1. The number of non-ortho nitro benzene ring substituents is 1. The number of benzene rings is 1. The summed E-state index contributed by atoms with van der Waals surface area (Å²) in [7, 11) is 0. The van der Waals surface area contributed by atoms with Crippen LogP contribution in [0.2, 0.25) is 0 Å². The number of nitrogens with zero attached hydrogens (tertiary/aromatic N) is 2. The topological polar surface area (TPSA) is 116 Å². The maximum absolute atomic E-state index is 12.4. The van der Waals surface area contributed by atoms with E-state index >= 15 is 0 Å². The molecule has 8 nitrogen and oxygen atoms in total. The largest absolute Gasteiger partial charge is 0.367 e. The molecule has 1 fully saturated rings. The van der Waals surface area contributed by atoms with Gasteiger partial charge < -0.3 is 15.4 Å². The summed E-state index contributed by atoms with van der Waals surface area (Å²) in [6, 6.07) is 4.05. The van der Waals surface area contributed by atoms with Crippen LogP contribution in [-0.2, 0) is 9.53 Å². The molecule has 2 N–H and O–H groups in total. The molecule has 0 spiro atoms. The number of hydrogen-bond acceptors (Lipinski definition) is 5. The molecule has 1 aromatic rings. The Labute approximate surface area is 120 Å². The average Bonchev–Trinajstić information content (AvgIpc) is 2.46. The minimum atomic E-state index is -0.818. The van der Waals surface area contributed by atoms with Crippen molar-refractivity contribution in [3.8, 4) is 0 Å². The van der Waals surface area contributed by atoms with Crippen molar-refractivity contribution in [2.75, 3.05) is 19.7 Å². The zero-order valence-corrected chi connectivity index (χ0v) is 11.4. The number of aryl methyl sites for hydroxylation is 1. The zero-order valence-electron chi connectivity index (χ0n) is 11.4. The second kappa shape index (κ2) is 5.88. The van der Waals surface area contributed by atoms with Gasteiger partial charge in [-0.15, -0.1) is 0 Å². The van der Waals surface area contributed by atoms with Crippen molar-refractivity contribution in [1.82, 2.24) is 4.90 Å². The summed E-state index contributed by atoms with van der Waals surface area (Å²) >= 11 is 0. The summed E-state index contributed by atoms with van der Waals surface area (Å²) < 4.78 is 5.18. The number of hydrogen-bond donors (Lipinski definition) is 1. The van der Waals surface area contributed by atoms with Crippen LogP contribution in [0.25, 0.3) is 0 Å². The van der Waals surface area contributed by atoms with E-state index in [0.717, 1.165) is 0 Å². The highest BCUT2D eigenvalue weighted by Gasteiger charge is 2.29. The van der Waals surface area contributed by atoms with Crippen LogP contribution < -0.4 is 5.73 Å². The third-order valence-electron chi connectivity index (χ3n) is 3.32. The molecule has 8 heteroatoms. The molecule has 0 aromatic heterocycles. The summed E-state index contributed by atoms with van der Waals surface area (Å²) in [5, 5.41) is 10.7. The Morgan fingerprint density at radius 2 is 2.19 bits per heavy atom. The highest BCUT2D eigenvalue weighted by Crippen LogP contribution is 2.19. The third-order valence-corrected chi connectivity index (χ3v) is 3.32. The predicted molar refractivity (Wildman–Crippen MR) is 72.7 cm³/mol. The minimum Gasteiger partial charge on any atom is -0.367 e. The quantitative estimate of drug-likeness (QED) is 0.632. The second-order valence-electron chi connectivity index (χ2n) is 4.77. The van der Waals surface area contributed by atoms with Gasteiger partial charge in [-0.1, -0.05) is 0 Å². The lowest BCUT2D eigenvalue weighted by Crippen LogP contribution is -2.50. The van der Waals surface area contributed by atoms with Gasteiger partial charge in [0, 0.05) is 24.2 Å². The summed E-state index contributed by atoms with van der Waals surface area (Å²) in [6.45, 7) is 2.29. The lowest BCUT2D eigenvalue weighted by atomic mass is 10.1. The summed E-state index contributed by atoms with van der Waals surface area (Å²) in [5.74, 6) is -0.912. The average molecular weight is 293 g/mol. The van der Waals surface area contributed by atoms with Crippen molar-refractivity contribution in [3.05, 3.63) is 39.4 Å². The van der Waals surface area contributed by atoms with Gasteiger partial charge in [0.25, 0.3) is 11.6 Å². The van der Waals surface area contributed by atoms with E-state index in [-0.39, 0.29) is 24.7 Å². The molecule has 1 atom stereocenters. The molecule has 0 aliphatic carbocycles. The molecular weight excluding hydrogens is 278 g/mol. The molecule has 0 saturated carbocycles. The normalized spacial score (nSPS) is 18.3. The van der Waals surface area contributed by atoms with Gasteiger partial charge in [0.05, 0.1) is 18.1 Å². The molecule has 0 bridgehead atoms. The zero-order chi connectivity index (χ0) is 15.6. The Balaban J connectivity index is 2.20. The van der Waals surface area contributed by atoms with Crippen LogP contribution in [-0.4, -0.2) is 47.4 Å². The SMILES string of the molecule is Cc1cc([N+](=O)[O-])ccc1C(=O)N1CCOC(C(N)=O)C1. The maximum Gasteiger partial charge on any atom is 0.269 e. The highest BCUT2D eigenvalue weighted by molar-refractivity contribution is 5.96. The van der Waals surface area contributed by atoms with E-state index in [1.807, 2.05) is 0 Å². The van der Waals surface area contributed by atoms with Gasteiger partial charge in [-0.05, 0) is 18.6 Å². The number of rotatable bonds is 3. The Morgan fingerprint density at radius 1 is 1.48 bits per heavy atom. The van der Waals surface area contributed by atoms with Gasteiger partial charge in [0.15, 0.2) is 6.10 Å². The van der Waals surface area contributed by atoms with E-state index in [1.54, 1.807) is 6.92 Å². The fourth-order valence-corrected chi connectivity index (χ4v) is 2.18. The standard InChI is InChI=1S/C13H15N3O5/c1-8-6-9(16(19)20)2-3-10(8)13(18)15-4-5-21-11(7-15)12(14)17/h2-3,6,11H,4-5,7H2,1H3,(H2,14,17). The molecule has 1 heterocycles. The van der Waals surface area contributed by atoms with Crippen molar-refractivity contribution in [1.29, 1.82) is 0 Å². The number of carbonyl (C=O) groups excluding carboxylic acids is 2. The van der Waals surface area contributed by atoms with E-state index in [0.29, 0.717) is 17.7 Å². The number of ether oxygens (including phenoxy) is 1. The van der Waals surface area contributed by atoms with Crippen LogP contribution in [0.3, 0.4) is 0 Å². The van der Waals surface area contributed by atoms with Crippen LogP contribution in [0.15, 0.2) is 18.2 Å². The van der Waals surface area contributed by atoms with Crippen LogP contribution in [0.4, 0.5) is 5.69 Å². The van der Waals surface area contributed by atoms with E-state index in [1.165, 1.54) is 23.1 Å². The van der Waals surface area contributed by atoms with Crippen LogP contribution in [0.1, 0.15) is 15.9 Å². The van der Waals surface area contributed by atoms with Crippen molar-refractivity contribution >= 4 is 17.5 Å². The monoisotopic (exact) mass is 293 g/mol. The number of carbonyl (C=O) groups is 2. The lowest BCUT2D eigenvalue weighted by molar-refractivity contribution is -0.384. The highest BCUT2D eigenvalue weighted by atomic mass is 16.6. The molecule has 1 saturated heterocycles. The first-order valence-electron chi connectivity index (χ1n) is 6.35. The molecule has 1 aromatic carbocycles. The third kappa shape index (κ3) is 3.16. The Bertz CT molecular complexity index is 601. The van der Waals surface area contributed by atoms with Crippen molar-refractivity contribution in [2.45, 2.75) is 13.0 Å². The van der Waals surface area contributed by atoms with E-state index in [2.05, 4.69) is 0 Å². The van der Waals surface area contributed by atoms with Crippen LogP contribution in [0.5, 0.6) is 0 Å². The van der Waals surface area contributed by atoms with Crippen molar-refractivity contribution in [3.63, 3.8) is 0 Å². The van der Waals surface area contributed by atoms with Crippen molar-refractivity contribution < 1.29 is 19.2 Å². The first-order chi connectivity index (χ1) is 9.90. The molecule has 112 valence electrons. The van der Waals surface area contributed by atoms with Crippen LogP contribution >= 0.6 is 0 Å². The Hall–Kier alpha value is -2.48. The number of morpholine rings is 1. The van der Waals surface area contributed by atoms with E-state index in [9.17, 15) is 19.7 Å². The summed E-state index contributed by atoms with van der Waals surface area (Å²) in [5.41, 5.74) is 5.98. The molecular formula is C13H15N3O5. The second-order valence-corrected chi connectivity index (χ2v) is 4.77. The van der Waals surface area contributed by atoms with Crippen LogP contribution in [0, 0.1) is 17.0 Å². The van der Waals surface area contributed by atoms with Gasteiger partial charge >= 0.3 is 0 Å². The molecule has 1 aliphatic rings. The minimum absolute atomic E-state index is 0.0685. The number of nitrogens with two attached hydrogens (primary N) is 1. The number of nitro groups is 1. The summed E-state index contributed by atoms with van der Waals surface area (Å²) in [6.07, 6.45) is -0.818. The molecule has 1 unspecified atom stereocenters. The first kappa shape index (κ1) is 14.9. The molecule has 0 radical (unpaired) electrons. The van der Waals surface area contributed by atoms with E-state index < -0.39 is 16.9 Å².